The first-order chi connectivity index (χ1) is 7.65. The van der Waals surface area contributed by atoms with Crippen LogP contribution in [-0.4, -0.2) is 47.3 Å². The number of urea groups is 1. The fraction of sp³-hybridized carbons (Fsp3) is 0.778. The van der Waals surface area contributed by atoms with Gasteiger partial charge >= 0.3 is 18.2 Å². The molecule has 0 fully saturated rings. The van der Waals surface area contributed by atoms with Gasteiger partial charge in [-0.25, -0.2) is 4.79 Å². The third-order valence-electron chi connectivity index (χ3n) is 1.97. The molecule has 8 heteroatoms. The number of hydrogen-bond acceptors (Lipinski definition) is 2. The summed E-state index contributed by atoms with van der Waals surface area (Å²) in [6.45, 7) is 0.796. The van der Waals surface area contributed by atoms with Gasteiger partial charge in [0.05, 0.1) is 0 Å². The monoisotopic (exact) mass is 256 g/mol. The second kappa shape index (κ2) is 6.31. The number of amides is 2. The summed E-state index contributed by atoms with van der Waals surface area (Å²) >= 11 is 0. The van der Waals surface area contributed by atoms with E-state index in [-0.39, 0.29) is 10.9 Å². The Balaban J connectivity index is 4.56. The van der Waals surface area contributed by atoms with E-state index in [1.54, 1.807) is 13.8 Å². The van der Waals surface area contributed by atoms with Gasteiger partial charge in [0, 0.05) is 6.04 Å². The lowest BCUT2D eigenvalue weighted by Crippen LogP contribution is -2.49. The van der Waals surface area contributed by atoms with Crippen LogP contribution in [0.4, 0.5) is 18.0 Å². The third kappa shape index (κ3) is 7.42. The normalized spacial score (nSPS) is 13.0. The summed E-state index contributed by atoms with van der Waals surface area (Å²) in [5, 5.41) is 10.7. The number of carbonyl (C=O) groups excluding carboxylic acids is 1. The molecule has 0 saturated carbocycles. The van der Waals surface area contributed by atoms with Crippen LogP contribution in [0.2, 0.25) is 0 Å². The lowest BCUT2D eigenvalue weighted by Gasteiger charge is -2.24. The highest BCUT2D eigenvalue weighted by molar-refractivity contribution is 5.80. The number of carboxylic acid groups (broad SMARTS) is 1. The van der Waals surface area contributed by atoms with Crippen molar-refractivity contribution in [3.8, 4) is 0 Å². The molecule has 0 aromatic rings. The Bertz CT molecular complexity index is 281. The Morgan fingerprint density at radius 3 is 2.29 bits per heavy atom. The standard InChI is InChI=1S/C9H15F3N2O3/c1-3-6(2)13-8(17)14(4-7(15)16)5-9(10,11)12/h6H,3-5H2,1-2H3,(H,13,17)(H,15,16). The van der Waals surface area contributed by atoms with Crippen LogP contribution < -0.4 is 5.32 Å². The van der Waals surface area contributed by atoms with Crippen molar-refractivity contribution in [2.75, 3.05) is 13.1 Å². The van der Waals surface area contributed by atoms with Crippen LogP contribution in [0.15, 0.2) is 0 Å². The van der Waals surface area contributed by atoms with Crippen molar-refractivity contribution in [1.82, 2.24) is 10.2 Å². The van der Waals surface area contributed by atoms with Crippen LogP contribution in [0, 0.1) is 0 Å². The summed E-state index contributed by atoms with van der Waals surface area (Å²) in [4.78, 5) is 22.0. The van der Waals surface area contributed by atoms with E-state index < -0.39 is 31.3 Å². The molecule has 0 spiro atoms. The summed E-state index contributed by atoms with van der Waals surface area (Å²) in [6.07, 6.45) is -4.08. The van der Waals surface area contributed by atoms with Gasteiger partial charge in [-0.2, -0.15) is 13.2 Å². The quantitative estimate of drug-likeness (QED) is 0.782. The first-order valence-corrected chi connectivity index (χ1v) is 4.99. The molecule has 0 aliphatic carbocycles. The molecule has 0 radical (unpaired) electrons. The summed E-state index contributed by atoms with van der Waals surface area (Å²) < 4.78 is 36.4. The number of carboxylic acids is 1. The van der Waals surface area contributed by atoms with Crippen molar-refractivity contribution in [3.05, 3.63) is 0 Å². The van der Waals surface area contributed by atoms with Crippen molar-refractivity contribution >= 4 is 12.0 Å². The van der Waals surface area contributed by atoms with Crippen LogP contribution in [0.1, 0.15) is 20.3 Å². The van der Waals surface area contributed by atoms with Gasteiger partial charge < -0.3 is 15.3 Å². The highest BCUT2D eigenvalue weighted by atomic mass is 19.4. The van der Waals surface area contributed by atoms with Gasteiger partial charge in [-0.1, -0.05) is 6.92 Å². The lowest BCUT2D eigenvalue weighted by molar-refractivity contribution is -0.149. The fourth-order valence-electron chi connectivity index (χ4n) is 0.983. The van der Waals surface area contributed by atoms with E-state index in [9.17, 15) is 22.8 Å². The number of halogens is 3. The summed E-state index contributed by atoms with van der Waals surface area (Å²) in [7, 11) is 0. The van der Waals surface area contributed by atoms with Crippen LogP contribution in [0.25, 0.3) is 0 Å². The third-order valence-corrected chi connectivity index (χ3v) is 1.97. The van der Waals surface area contributed by atoms with Crippen LogP contribution >= 0.6 is 0 Å². The van der Waals surface area contributed by atoms with Crippen molar-refractivity contribution in [3.63, 3.8) is 0 Å². The smallest absolute Gasteiger partial charge is 0.406 e. The molecular formula is C9H15F3N2O3. The van der Waals surface area contributed by atoms with Crippen LogP contribution in [0.5, 0.6) is 0 Å². The first-order valence-electron chi connectivity index (χ1n) is 4.99. The van der Waals surface area contributed by atoms with Gasteiger partial charge in [0.25, 0.3) is 0 Å². The van der Waals surface area contributed by atoms with Gasteiger partial charge in [-0.15, -0.1) is 0 Å². The highest BCUT2D eigenvalue weighted by Crippen LogP contribution is 2.16. The highest BCUT2D eigenvalue weighted by Gasteiger charge is 2.34. The first kappa shape index (κ1) is 15.5. The number of aliphatic carboxylic acids is 1. The van der Waals surface area contributed by atoms with Crippen LogP contribution in [0.3, 0.4) is 0 Å². The van der Waals surface area contributed by atoms with E-state index in [1.807, 2.05) is 0 Å². The van der Waals surface area contributed by atoms with E-state index in [0.29, 0.717) is 6.42 Å². The molecule has 0 aliphatic rings. The molecule has 5 nitrogen and oxygen atoms in total. The maximum Gasteiger partial charge on any atom is 0.406 e. The van der Waals surface area contributed by atoms with E-state index in [2.05, 4.69) is 5.32 Å². The zero-order chi connectivity index (χ0) is 13.6. The molecule has 0 heterocycles. The second-order valence-corrected chi connectivity index (χ2v) is 3.62. The van der Waals surface area contributed by atoms with Gasteiger partial charge in [0.1, 0.15) is 13.1 Å². The molecule has 1 atom stereocenters. The molecule has 0 bridgehead atoms. The summed E-state index contributed by atoms with van der Waals surface area (Å²) in [5.41, 5.74) is 0. The molecule has 1 unspecified atom stereocenters. The Hall–Kier alpha value is -1.47. The average Bonchev–Trinajstić information content (AvgIpc) is 2.13. The van der Waals surface area contributed by atoms with Crippen molar-refractivity contribution in [1.29, 1.82) is 0 Å². The number of hydrogen-bond donors (Lipinski definition) is 2. The Kier molecular flexibility index (Phi) is 5.77. The Morgan fingerprint density at radius 2 is 1.94 bits per heavy atom. The molecule has 0 aromatic heterocycles. The second-order valence-electron chi connectivity index (χ2n) is 3.62. The number of rotatable bonds is 5. The molecule has 2 amide bonds. The maximum absolute atomic E-state index is 12.1. The van der Waals surface area contributed by atoms with Crippen molar-refractivity contribution in [2.45, 2.75) is 32.5 Å². The number of carbonyl (C=O) groups is 2. The average molecular weight is 256 g/mol. The van der Waals surface area contributed by atoms with Gasteiger partial charge in [-0.3, -0.25) is 4.79 Å². The van der Waals surface area contributed by atoms with Crippen molar-refractivity contribution in [2.24, 2.45) is 0 Å². The molecular weight excluding hydrogens is 241 g/mol. The Labute approximate surface area is 96.6 Å². The molecule has 17 heavy (non-hydrogen) atoms. The summed E-state index contributed by atoms with van der Waals surface area (Å²) in [6, 6.07) is -1.34. The van der Waals surface area contributed by atoms with Crippen molar-refractivity contribution < 1.29 is 27.9 Å². The van der Waals surface area contributed by atoms with E-state index in [1.165, 1.54) is 0 Å². The largest absolute Gasteiger partial charge is 0.480 e. The molecule has 100 valence electrons. The van der Waals surface area contributed by atoms with Crippen LogP contribution in [-0.2, 0) is 4.79 Å². The zero-order valence-corrected chi connectivity index (χ0v) is 9.54. The Morgan fingerprint density at radius 1 is 1.41 bits per heavy atom. The fourth-order valence-corrected chi connectivity index (χ4v) is 0.983. The molecule has 0 aliphatic heterocycles. The van der Waals surface area contributed by atoms with Gasteiger partial charge in [0.2, 0.25) is 0 Å². The lowest BCUT2D eigenvalue weighted by atomic mass is 10.3. The van der Waals surface area contributed by atoms with E-state index in [4.69, 9.17) is 5.11 Å². The number of alkyl halides is 3. The van der Waals surface area contributed by atoms with Gasteiger partial charge in [-0.05, 0) is 13.3 Å². The molecule has 0 aromatic carbocycles. The topological polar surface area (TPSA) is 69.6 Å². The minimum absolute atomic E-state index is 0.217. The number of nitrogens with one attached hydrogen (secondary N) is 1. The predicted molar refractivity (Wildman–Crippen MR) is 53.5 cm³/mol. The molecule has 0 rings (SSSR count). The van der Waals surface area contributed by atoms with E-state index in [0.717, 1.165) is 0 Å². The SMILES string of the molecule is CCC(C)NC(=O)N(CC(=O)O)CC(F)(F)F. The molecule has 0 saturated heterocycles. The minimum Gasteiger partial charge on any atom is -0.480 e. The summed E-state index contributed by atoms with van der Waals surface area (Å²) in [5.74, 6) is -1.49. The maximum atomic E-state index is 12.1. The molecule has 2 N–H and O–H groups in total. The number of nitrogens with zero attached hydrogens (tertiary/aromatic N) is 1. The van der Waals surface area contributed by atoms with E-state index >= 15 is 0 Å². The zero-order valence-electron chi connectivity index (χ0n) is 9.54. The minimum atomic E-state index is -4.62. The predicted octanol–water partition coefficient (Wildman–Crippen LogP) is 1.44. The van der Waals surface area contributed by atoms with Gasteiger partial charge in [0.15, 0.2) is 0 Å².